The first-order valence-corrected chi connectivity index (χ1v) is 10.5. The number of carbonyl (C=O) groups is 1. The molecule has 0 unspecified atom stereocenters. The fourth-order valence-electron chi connectivity index (χ4n) is 4.23. The summed E-state index contributed by atoms with van der Waals surface area (Å²) in [5.74, 6) is 0.581. The molecule has 1 aliphatic carbocycles. The quantitative estimate of drug-likeness (QED) is 0.373. The van der Waals surface area contributed by atoms with Crippen LogP contribution < -0.4 is 16.4 Å². The fourth-order valence-corrected chi connectivity index (χ4v) is 4.23. The third-order valence-corrected chi connectivity index (χ3v) is 5.91. The molecule has 2 heterocycles. The van der Waals surface area contributed by atoms with E-state index in [2.05, 4.69) is 32.3 Å². The molecule has 0 bridgehead atoms. The Hall–Kier alpha value is -3.35. The Morgan fingerprint density at radius 3 is 2.63 bits per heavy atom. The first-order valence-electron chi connectivity index (χ1n) is 10.5. The maximum Gasteiger partial charge on any atom is 0.227 e. The van der Waals surface area contributed by atoms with E-state index in [0.29, 0.717) is 12.5 Å². The first-order chi connectivity index (χ1) is 14.6. The SMILES string of the molecule is N=C(N)NC[C@H]1CC[C@H](C(=O)Nc2ccnc3c2ccn3Cc2ccccc2)CC1. The number of nitrogens with zero attached hydrogens (tertiary/aromatic N) is 2. The molecule has 0 spiro atoms. The second-order valence-electron chi connectivity index (χ2n) is 8.03. The van der Waals surface area contributed by atoms with Gasteiger partial charge in [-0.15, -0.1) is 0 Å². The second kappa shape index (κ2) is 8.98. The van der Waals surface area contributed by atoms with Gasteiger partial charge in [0.05, 0.1) is 5.69 Å². The smallest absolute Gasteiger partial charge is 0.227 e. The number of pyridine rings is 1. The van der Waals surface area contributed by atoms with Gasteiger partial charge in [-0.2, -0.15) is 0 Å². The maximum atomic E-state index is 12.9. The van der Waals surface area contributed by atoms with Crippen molar-refractivity contribution in [1.82, 2.24) is 14.9 Å². The predicted molar refractivity (Wildman–Crippen MR) is 119 cm³/mol. The lowest BCUT2D eigenvalue weighted by atomic mass is 9.81. The molecule has 3 aromatic rings. The van der Waals surface area contributed by atoms with Crippen molar-refractivity contribution in [2.24, 2.45) is 17.6 Å². The van der Waals surface area contributed by atoms with Gasteiger partial charge in [0.15, 0.2) is 5.96 Å². The van der Waals surface area contributed by atoms with Crippen LogP contribution in [0.25, 0.3) is 11.0 Å². The molecule has 0 atom stereocenters. The van der Waals surface area contributed by atoms with E-state index >= 15 is 0 Å². The van der Waals surface area contributed by atoms with Gasteiger partial charge in [-0.1, -0.05) is 30.3 Å². The van der Waals surface area contributed by atoms with Crippen LogP contribution in [0.3, 0.4) is 0 Å². The Kier molecular flexibility index (Phi) is 5.97. The number of amides is 1. The topological polar surface area (TPSA) is 109 Å². The van der Waals surface area contributed by atoms with Crippen LogP contribution in [0.5, 0.6) is 0 Å². The molecule has 4 rings (SSSR count). The van der Waals surface area contributed by atoms with Crippen molar-refractivity contribution in [3.05, 3.63) is 60.4 Å². The Morgan fingerprint density at radius 1 is 1.13 bits per heavy atom. The van der Waals surface area contributed by atoms with Crippen LogP contribution in [0, 0.1) is 17.2 Å². The zero-order valence-corrected chi connectivity index (χ0v) is 17.0. The molecular formula is C23H28N6O. The summed E-state index contributed by atoms with van der Waals surface area (Å²) in [6.45, 7) is 1.45. The number of rotatable bonds is 6. The molecule has 7 nitrogen and oxygen atoms in total. The average Bonchev–Trinajstić information content (AvgIpc) is 3.17. The van der Waals surface area contributed by atoms with Gasteiger partial charge in [-0.3, -0.25) is 10.2 Å². The number of carbonyl (C=O) groups excluding carboxylic acids is 1. The third kappa shape index (κ3) is 4.62. The van der Waals surface area contributed by atoms with Gasteiger partial charge in [-0.05, 0) is 49.3 Å². The first kappa shape index (κ1) is 19.9. The minimum atomic E-state index is 0.00997. The van der Waals surface area contributed by atoms with Crippen molar-refractivity contribution in [2.75, 3.05) is 11.9 Å². The van der Waals surface area contributed by atoms with Crippen molar-refractivity contribution in [1.29, 1.82) is 5.41 Å². The summed E-state index contributed by atoms with van der Waals surface area (Å²) in [6.07, 6.45) is 7.44. The number of hydrogen-bond donors (Lipinski definition) is 4. The fraction of sp³-hybridized carbons (Fsp3) is 0.348. The molecule has 5 N–H and O–H groups in total. The zero-order valence-electron chi connectivity index (χ0n) is 17.0. The summed E-state index contributed by atoms with van der Waals surface area (Å²) < 4.78 is 2.10. The number of guanidine groups is 1. The Balaban J connectivity index is 1.40. The molecule has 1 aromatic carbocycles. The molecule has 0 aliphatic heterocycles. The number of nitrogens with two attached hydrogens (primary N) is 1. The summed E-state index contributed by atoms with van der Waals surface area (Å²) in [4.78, 5) is 17.4. The normalized spacial score (nSPS) is 18.8. The largest absolute Gasteiger partial charge is 0.370 e. The van der Waals surface area contributed by atoms with E-state index in [1.165, 1.54) is 5.56 Å². The van der Waals surface area contributed by atoms with Gasteiger partial charge in [-0.25, -0.2) is 4.98 Å². The zero-order chi connectivity index (χ0) is 20.9. The van der Waals surface area contributed by atoms with Gasteiger partial charge in [0.25, 0.3) is 0 Å². The molecule has 2 aromatic heterocycles. The van der Waals surface area contributed by atoms with E-state index in [9.17, 15) is 4.79 Å². The van der Waals surface area contributed by atoms with Crippen LogP contribution in [0.1, 0.15) is 31.2 Å². The molecule has 1 fully saturated rings. The molecule has 0 saturated heterocycles. The van der Waals surface area contributed by atoms with Gasteiger partial charge >= 0.3 is 0 Å². The van der Waals surface area contributed by atoms with Crippen molar-refractivity contribution in [3.8, 4) is 0 Å². The van der Waals surface area contributed by atoms with Crippen LogP contribution in [0.4, 0.5) is 5.69 Å². The lowest BCUT2D eigenvalue weighted by molar-refractivity contribution is -0.121. The predicted octanol–water partition coefficient (Wildman–Crippen LogP) is 3.31. The number of fused-ring (bicyclic) bond motifs is 1. The van der Waals surface area contributed by atoms with Crippen LogP contribution in [-0.4, -0.2) is 28.0 Å². The van der Waals surface area contributed by atoms with Crippen LogP contribution >= 0.6 is 0 Å². The maximum absolute atomic E-state index is 12.9. The van der Waals surface area contributed by atoms with Crippen molar-refractivity contribution >= 4 is 28.6 Å². The van der Waals surface area contributed by atoms with E-state index in [4.69, 9.17) is 11.1 Å². The summed E-state index contributed by atoms with van der Waals surface area (Å²) in [7, 11) is 0. The third-order valence-electron chi connectivity index (χ3n) is 5.91. The van der Waals surface area contributed by atoms with Crippen molar-refractivity contribution < 1.29 is 4.79 Å². The summed E-state index contributed by atoms with van der Waals surface area (Å²) in [5.41, 5.74) is 8.26. The van der Waals surface area contributed by atoms with Gasteiger partial charge in [0.1, 0.15) is 5.65 Å². The average molecular weight is 405 g/mol. The highest BCUT2D eigenvalue weighted by Gasteiger charge is 2.26. The number of nitrogens with one attached hydrogen (secondary N) is 3. The van der Waals surface area contributed by atoms with E-state index < -0.39 is 0 Å². The van der Waals surface area contributed by atoms with E-state index in [0.717, 1.165) is 48.9 Å². The second-order valence-corrected chi connectivity index (χ2v) is 8.03. The van der Waals surface area contributed by atoms with Crippen LogP contribution in [0.2, 0.25) is 0 Å². The van der Waals surface area contributed by atoms with Crippen molar-refractivity contribution in [3.63, 3.8) is 0 Å². The Labute approximate surface area is 176 Å². The van der Waals surface area contributed by atoms with Crippen LogP contribution in [0.15, 0.2) is 54.9 Å². The molecule has 0 radical (unpaired) electrons. The summed E-state index contributed by atoms with van der Waals surface area (Å²) >= 11 is 0. The number of anilines is 1. The van der Waals surface area contributed by atoms with Crippen LogP contribution in [-0.2, 0) is 11.3 Å². The lowest BCUT2D eigenvalue weighted by Gasteiger charge is -2.28. The van der Waals surface area contributed by atoms with E-state index in [1.807, 2.05) is 36.5 Å². The van der Waals surface area contributed by atoms with Gasteiger partial charge in [0.2, 0.25) is 5.91 Å². The number of aromatic nitrogens is 2. The monoisotopic (exact) mass is 404 g/mol. The molecule has 30 heavy (non-hydrogen) atoms. The minimum absolute atomic E-state index is 0.00997. The van der Waals surface area contributed by atoms with E-state index in [1.54, 1.807) is 6.20 Å². The molecule has 1 saturated carbocycles. The van der Waals surface area contributed by atoms with Crippen molar-refractivity contribution in [2.45, 2.75) is 32.2 Å². The summed E-state index contributed by atoms with van der Waals surface area (Å²) in [6, 6.07) is 14.2. The minimum Gasteiger partial charge on any atom is -0.370 e. The van der Waals surface area contributed by atoms with Gasteiger partial charge in [0, 0.05) is 36.8 Å². The Bertz CT molecular complexity index is 1020. The standard InChI is InChI=1S/C23H28N6O/c24-23(25)27-14-16-6-8-18(9-7-16)22(30)28-20-10-12-26-21-19(20)11-13-29(21)15-17-4-2-1-3-5-17/h1-5,10-13,16,18H,6-9,14-15H2,(H4,24,25,27)(H,26,28,30)/t16-,18-. The number of hydrogen-bond acceptors (Lipinski definition) is 3. The Morgan fingerprint density at radius 2 is 1.90 bits per heavy atom. The summed E-state index contributed by atoms with van der Waals surface area (Å²) in [5, 5.41) is 14.3. The molecule has 156 valence electrons. The highest BCUT2D eigenvalue weighted by Crippen LogP contribution is 2.30. The lowest BCUT2D eigenvalue weighted by Crippen LogP contribution is -2.36. The highest BCUT2D eigenvalue weighted by molar-refractivity contribution is 6.01. The molecule has 7 heteroatoms. The van der Waals surface area contributed by atoms with Gasteiger partial charge < -0.3 is 20.9 Å². The molecule has 1 aliphatic rings. The van der Waals surface area contributed by atoms with E-state index in [-0.39, 0.29) is 17.8 Å². The highest BCUT2D eigenvalue weighted by atomic mass is 16.1. The number of benzene rings is 1. The molecular weight excluding hydrogens is 376 g/mol. The molecule has 1 amide bonds.